The van der Waals surface area contributed by atoms with E-state index in [0.717, 1.165) is 11.1 Å². The van der Waals surface area contributed by atoms with Gasteiger partial charge < -0.3 is 5.32 Å². The number of urea groups is 1. The van der Waals surface area contributed by atoms with Gasteiger partial charge in [0, 0.05) is 0 Å². The lowest BCUT2D eigenvalue weighted by molar-refractivity contribution is -0.115. The van der Waals surface area contributed by atoms with E-state index >= 15 is 0 Å². The Bertz CT molecular complexity index is 463. The molecule has 4 heteroatoms. The van der Waals surface area contributed by atoms with Crippen molar-refractivity contribution in [2.45, 2.75) is 6.92 Å². The van der Waals surface area contributed by atoms with Crippen molar-refractivity contribution in [1.82, 2.24) is 10.6 Å². The summed E-state index contributed by atoms with van der Waals surface area (Å²) in [6, 6.07) is 7.20. The van der Waals surface area contributed by atoms with Crippen molar-refractivity contribution in [3.05, 3.63) is 41.1 Å². The van der Waals surface area contributed by atoms with Crippen LogP contribution in [0.25, 0.3) is 6.08 Å². The number of carbonyl (C=O) groups is 2. The molecule has 4 nitrogen and oxygen atoms in total. The molecule has 1 saturated heterocycles. The van der Waals surface area contributed by atoms with Crippen LogP contribution < -0.4 is 10.6 Å². The van der Waals surface area contributed by atoms with Crippen molar-refractivity contribution in [3.63, 3.8) is 0 Å². The highest BCUT2D eigenvalue weighted by atomic mass is 16.2. The fourth-order valence-electron chi connectivity index (χ4n) is 1.41. The number of amides is 3. The van der Waals surface area contributed by atoms with Gasteiger partial charge in [-0.05, 0) is 18.6 Å². The maximum atomic E-state index is 11.2. The fourth-order valence-corrected chi connectivity index (χ4v) is 1.41. The van der Waals surface area contributed by atoms with Crippen LogP contribution in [0.5, 0.6) is 0 Å². The van der Waals surface area contributed by atoms with E-state index in [2.05, 4.69) is 10.6 Å². The zero-order chi connectivity index (χ0) is 10.8. The number of benzene rings is 1. The Kier molecular flexibility index (Phi) is 2.25. The molecule has 0 aliphatic carbocycles. The van der Waals surface area contributed by atoms with E-state index in [-0.39, 0.29) is 11.6 Å². The molecule has 0 radical (unpaired) electrons. The minimum atomic E-state index is -0.473. The van der Waals surface area contributed by atoms with E-state index in [1.807, 2.05) is 31.2 Å². The molecule has 2 N–H and O–H groups in total. The second kappa shape index (κ2) is 3.57. The molecule has 3 amide bonds. The summed E-state index contributed by atoms with van der Waals surface area (Å²) in [4.78, 5) is 22.0. The van der Waals surface area contributed by atoms with Crippen molar-refractivity contribution < 1.29 is 9.59 Å². The number of hydrogen-bond acceptors (Lipinski definition) is 2. The van der Waals surface area contributed by atoms with Crippen LogP contribution in [0, 0.1) is 6.92 Å². The first-order valence-corrected chi connectivity index (χ1v) is 4.56. The van der Waals surface area contributed by atoms with Crippen LogP contribution in [-0.4, -0.2) is 11.9 Å². The molecule has 1 heterocycles. The summed E-state index contributed by atoms with van der Waals surface area (Å²) >= 11 is 0. The van der Waals surface area contributed by atoms with E-state index in [9.17, 15) is 9.59 Å². The molecule has 0 saturated carbocycles. The molecular weight excluding hydrogens is 192 g/mol. The van der Waals surface area contributed by atoms with Gasteiger partial charge in [-0.3, -0.25) is 10.1 Å². The summed E-state index contributed by atoms with van der Waals surface area (Å²) in [7, 11) is 0. The average Bonchev–Trinajstić information content (AvgIpc) is 2.45. The molecule has 0 unspecified atom stereocenters. The van der Waals surface area contributed by atoms with E-state index in [4.69, 9.17) is 0 Å². The Labute approximate surface area is 87.0 Å². The maximum absolute atomic E-state index is 11.2. The van der Waals surface area contributed by atoms with Crippen LogP contribution in [0.4, 0.5) is 4.79 Å². The lowest BCUT2D eigenvalue weighted by Crippen LogP contribution is -2.22. The second-order valence-corrected chi connectivity index (χ2v) is 3.38. The summed E-state index contributed by atoms with van der Waals surface area (Å²) in [5.41, 5.74) is 2.28. The van der Waals surface area contributed by atoms with Gasteiger partial charge in [0.2, 0.25) is 0 Å². The summed E-state index contributed by atoms with van der Waals surface area (Å²) in [5.74, 6) is -0.387. The molecule has 1 aliphatic rings. The zero-order valence-electron chi connectivity index (χ0n) is 8.20. The van der Waals surface area contributed by atoms with Gasteiger partial charge in [-0.25, -0.2) is 4.79 Å². The van der Waals surface area contributed by atoms with Crippen LogP contribution in [0.1, 0.15) is 11.1 Å². The molecule has 0 atom stereocenters. The first kappa shape index (κ1) is 9.45. The lowest BCUT2D eigenvalue weighted by atomic mass is 10.1. The van der Waals surface area contributed by atoms with Crippen molar-refractivity contribution in [2.75, 3.05) is 0 Å². The van der Waals surface area contributed by atoms with Gasteiger partial charge >= 0.3 is 6.03 Å². The number of rotatable bonds is 1. The van der Waals surface area contributed by atoms with Crippen molar-refractivity contribution in [3.8, 4) is 0 Å². The SMILES string of the molecule is Cc1cccc(/C=C2/NC(=O)NC2=O)c1. The Balaban J connectivity index is 2.31. The molecule has 1 aliphatic heterocycles. The van der Waals surface area contributed by atoms with Crippen LogP contribution in [0.3, 0.4) is 0 Å². The molecule has 0 bridgehead atoms. The molecule has 1 aromatic rings. The standard InChI is InChI=1S/C11H10N2O2/c1-7-3-2-4-8(5-7)6-9-10(14)13-11(15)12-9/h2-6H,1H3,(H2,12,13,14,15)/b9-6+. The number of aryl methyl sites for hydroxylation is 1. The molecule has 76 valence electrons. The van der Waals surface area contributed by atoms with Crippen LogP contribution in [-0.2, 0) is 4.79 Å². The van der Waals surface area contributed by atoms with Crippen molar-refractivity contribution >= 4 is 18.0 Å². The molecule has 0 spiro atoms. The highest BCUT2D eigenvalue weighted by Crippen LogP contribution is 2.09. The summed E-state index contributed by atoms with van der Waals surface area (Å²) in [6.07, 6.45) is 1.65. The highest BCUT2D eigenvalue weighted by Gasteiger charge is 2.22. The van der Waals surface area contributed by atoms with Gasteiger partial charge in [-0.1, -0.05) is 29.8 Å². The quantitative estimate of drug-likeness (QED) is 0.530. The summed E-state index contributed by atoms with van der Waals surface area (Å²) in [5, 5.41) is 4.58. The third-order valence-corrected chi connectivity index (χ3v) is 2.07. The highest BCUT2D eigenvalue weighted by molar-refractivity contribution is 6.13. The Hall–Kier alpha value is -2.10. The normalized spacial score (nSPS) is 17.8. The van der Waals surface area contributed by atoms with Crippen LogP contribution >= 0.6 is 0 Å². The molecule has 0 aromatic heterocycles. The Morgan fingerprint density at radius 2 is 2.00 bits per heavy atom. The van der Waals surface area contributed by atoms with Gasteiger partial charge in [0.1, 0.15) is 5.70 Å². The monoisotopic (exact) mass is 202 g/mol. The maximum Gasteiger partial charge on any atom is 0.326 e. The number of imide groups is 1. The minimum absolute atomic E-state index is 0.283. The average molecular weight is 202 g/mol. The first-order valence-electron chi connectivity index (χ1n) is 4.56. The van der Waals surface area contributed by atoms with E-state index in [0.29, 0.717) is 0 Å². The van der Waals surface area contributed by atoms with Gasteiger partial charge in [-0.15, -0.1) is 0 Å². The van der Waals surface area contributed by atoms with E-state index < -0.39 is 6.03 Å². The summed E-state index contributed by atoms with van der Waals surface area (Å²) in [6.45, 7) is 1.97. The lowest BCUT2D eigenvalue weighted by Gasteiger charge is -1.97. The van der Waals surface area contributed by atoms with Crippen molar-refractivity contribution in [2.24, 2.45) is 0 Å². The van der Waals surface area contributed by atoms with E-state index in [1.165, 1.54) is 0 Å². The predicted octanol–water partition coefficient (Wildman–Crippen LogP) is 1.18. The molecule has 1 aromatic carbocycles. The van der Waals surface area contributed by atoms with Crippen molar-refractivity contribution in [1.29, 1.82) is 0 Å². The molecule has 15 heavy (non-hydrogen) atoms. The molecule has 1 fully saturated rings. The second-order valence-electron chi connectivity index (χ2n) is 3.38. The van der Waals surface area contributed by atoms with Crippen LogP contribution in [0.2, 0.25) is 0 Å². The first-order chi connectivity index (χ1) is 7.15. The van der Waals surface area contributed by atoms with Gasteiger partial charge in [0.05, 0.1) is 0 Å². The number of carbonyl (C=O) groups excluding carboxylic acids is 2. The zero-order valence-corrected chi connectivity index (χ0v) is 8.20. The van der Waals surface area contributed by atoms with Gasteiger partial charge in [0.15, 0.2) is 0 Å². The third kappa shape index (κ3) is 2.04. The largest absolute Gasteiger partial charge is 0.326 e. The predicted molar refractivity (Wildman–Crippen MR) is 55.8 cm³/mol. The fraction of sp³-hybridized carbons (Fsp3) is 0.0909. The third-order valence-electron chi connectivity index (χ3n) is 2.07. The topological polar surface area (TPSA) is 58.2 Å². The molecule has 2 rings (SSSR count). The van der Waals surface area contributed by atoms with Gasteiger partial charge in [-0.2, -0.15) is 0 Å². The summed E-state index contributed by atoms with van der Waals surface area (Å²) < 4.78 is 0. The number of hydrogen-bond donors (Lipinski definition) is 2. The molecular formula is C11H10N2O2. The Morgan fingerprint density at radius 3 is 2.60 bits per heavy atom. The minimum Gasteiger partial charge on any atom is -0.303 e. The number of nitrogens with one attached hydrogen (secondary N) is 2. The van der Waals surface area contributed by atoms with E-state index in [1.54, 1.807) is 6.08 Å². The van der Waals surface area contributed by atoms with Crippen LogP contribution in [0.15, 0.2) is 30.0 Å². The van der Waals surface area contributed by atoms with Gasteiger partial charge in [0.25, 0.3) is 5.91 Å². The smallest absolute Gasteiger partial charge is 0.303 e. The Morgan fingerprint density at radius 1 is 1.20 bits per heavy atom.